The van der Waals surface area contributed by atoms with Gasteiger partial charge in [0.25, 0.3) is 0 Å². The first kappa shape index (κ1) is 15.1. The molecule has 0 heterocycles. The van der Waals surface area contributed by atoms with Gasteiger partial charge in [-0.3, -0.25) is 0 Å². The smallest absolute Gasteiger partial charge is 0.122 e. The van der Waals surface area contributed by atoms with Gasteiger partial charge in [0.15, 0.2) is 0 Å². The molecule has 1 aliphatic rings. The molecule has 0 saturated heterocycles. The van der Waals surface area contributed by atoms with Crippen molar-refractivity contribution in [2.24, 2.45) is 0 Å². The van der Waals surface area contributed by atoms with Crippen LogP contribution < -0.4 is 9.47 Å². The average Bonchev–Trinajstić information content (AvgIpc) is 2.91. The Bertz CT molecular complexity index is 413. The first-order valence-corrected chi connectivity index (χ1v) is 7.22. The first-order valence-electron chi connectivity index (χ1n) is 7.22. The Morgan fingerprint density at radius 1 is 1.15 bits per heavy atom. The zero-order chi connectivity index (χ0) is 14.5. The van der Waals surface area contributed by atoms with Crippen molar-refractivity contribution in [3.63, 3.8) is 0 Å². The molecule has 0 amide bonds. The van der Waals surface area contributed by atoms with Gasteiger partial charge in [0.1, 0.15) is 11.5 Å². The normalized spacial score (nSPS) is 22.2. The van der Waals surface area contributed by atoms with Crippen LogP contribution in [0.4, 0.5) is 0 Å². The van der Waals surface area contributed by atoms with Crippen LogP contribution >= 0.6 is 0 Å². The van der Waals surface area contributed by atoms with Gasteiger partial charge in [0.2, 0.25) is 0 Å². The lowest BCUT2D eigenvalue weighted by atomic mass is 10.1. The summed E-state index contributed by atoms with van der Waals surface area (Å²) in [7, 11) is 5.48. The van der Waals surface area contributed by atoms with E-state index in [1.54, 1.807) is 14.2 Å². The van der Waals surface area contributed by atoms with Gasteiger partial charge in [-0.25, -0.2) is 0 Å². The van der Waals surface area contributed by atoms with Gasteiger partial charge in [-0.05, 0) is 50.4 Å². The molecule has 1 fully saturated rings. The molecule has 0 spiro atoms. The van der Waals surface area contributed by atoms with E-state index in [4.69, 9.17) is 9.47 Å². The van der Waals surface area contributed by atoms with Crippen LogP contribution in [0.1, 0.15) is 24.8 Å². The predicted molar refractivity (Wildman–Crippen MR) is 79.5 cm³/mol. The number of likely N-dealkylation sites (N-methyl/N-ethyl adjacent to an activating group) is 1. The zero-order valence-electron chi connectivity index (χ0n) is 12.6. The largest absolute Gasteiger partial charge is 0.497 e. The van der Waals surface area contributed by atoms with E-state index in [2.05, 4.69) is 24.1 Å². The molecular weight excluding hydrogens is 254 g/mol. The summed E-state index contributed by atoms with van der Waals surface area (Å²) in [5.74, 6) is 1.66. The van der Waals surface area contributed by atoms with E-state index in [1.807, 2.05) is 6.07 Å². The number of hydrogen-bond acceptors (Lipinski definition) is 4. The van der Waals surface area contributed by atoms with E-state index >= 15 is 0 Å². The van der Waals surface area contributed by atoms with E-state index in [9.17, 15) is 5.11 Å². The highest BCUT2D eigenvalue weighted by atomic mass is 16.5. The fraction of sp³-hybridized carbons (Fsp3) is 0.625. The summed E-state index contributed by atoms with van der Waals surface area (Å²) in [6, 6.07) is 6.51. The maximum atomic E-state index is 9.61. The van der Waals surface area contributed by atoms with Crippen LogP contribution in [0.15, 0.2) is 18.2 Å². The third-order valence-electron chi connectivity index (χ3n) is 4.17. The first-order chi connectivity index (χ1) is 9.62. The number of rotatable bonds is 6. The van der Waals surface area contributed by atoms with E-state index in [0.717, 1.165) is 43.7 Å². The van der Waals surface area contributed by atoms with Crippen molar-refractivity contribution >= 4 is 0 Å². The molecule has 1 saturated carbocycles. The maximum Gasteiger partial charge on any atom is 0.122 e. The number of aliphatic hydroxyl groups excluding tert-OH is 1. The van der Waals surface area contributed by atoms with Crippen LogP contribution in [0.2, 0.25) is 0 Å². The van der Waals surface area contributed by atoms with Crippen molar-refractivity contribution in [1.29, 1.82) is 0 Å². The number of aliphatic hydroxyl groups is 1. The Morgan fingerprint density at radius 3 is 2.30 bits per heavy atom. The topological polar surface area (TPSA) is 41.9 Å². The van der Waals surface area contributed by atoms with Gasteiger partial charge in [-0.2, -0.15) is 0 Å². The van der Waals surface area contributed by atoms with E-state index in [0.29, 0.717) is 6.04 Å². The molecule has 2 atom stereocenters. The van der Waals surface area contributed by atoms with Gasteiger partial charge in [0.05, 0.1) is 20.3 Å². The van der Waals surface area contributed by atoms with Crippen LogP contribution in [-0.2, 0) is 6.42 Å². The molecule has 1 N–H and O–H groups in total. The van der Waals surface area contributed by atoms with E-state index < -0.39 is 0 Å². The minimum Gasteiger partial charge on any atom is -0.497 e. The lowest BCUT2D eigenvalue weighted by Gasteiger charge is -2.24. The molecule has 4 nitrogen and oxygen atoms in total. The summed E-state index contributed by atoms with van der Waals surface area (Å²) in [4.78, 5) is 2.35. The number of ether oxygens (including phenoxy) is 2. The highest BCUT2D eigenvalue weighted by molar-refractivity contribution is 5.38. The van der Waals surface area contributed by atoms with Crippen molar-refractivity contribution in [2.45, 2.75) is 37.8 Å². The third kappa shape index (κ3) is 3.87. The highest BCUT2D eigenvalue weighted by Crippen LogP contribution is 2.25. The van der Waals surface area contributed by atoms with Crippen molar-refractivity contribution in [2.75, 3.05) is 27.8 Å². The SMILES string of the molecule is COc1cc(CCN(C)C2CCC(O)C2)cc(OC)c1. The van der Waals surface area contributed by atoms with Crippen LogP contribution in [0.25, 0.3) is 0 Å². The summed E-state index contributed by atoms with van der Waals surface area (Å²) < 4.78 is 10.6. The predicted octanol–water partition coefficient (Wildman–Crippen LogP) is 2.09. The summed E-state index contributed by atoms with van der Waals surface area (Å²) >= 11 is 0. The van der Waals surface area contributed by atoms with Crippen molar-refractivity contribution in [3.8, 4) is 11.5 Å². The monoisotopic (exact) mass is 279 g/mol. The second-order valence-electron chi connectivity index (χ2n) is 5.57. The number of hydrogen-bond donors (Lipinski definition) is 1. The van der Waals surface area contributed by atoms with Gasteiger partial charge < -0.3 is 19.5 Å². The standard InChI is InChI=1S/C16H25NO3/c1-17(13-4-5-14(18)10-13)7-6-12-8-15(19-2)11-16(9-12)20-3/h8-9,11,13-14,18H,4-7,10H2,1-3H3. The fourth-order valence-electron chi connectivity index (χ4n) is 2.83. The second-order valence-corrected chi connectivity index (χ2v) is 5.57. The number of benzene rings is 1. The van der Waals surface area contributed by atoms with Crippen LogP contribution in [0, 0.1) is 0 Å². The average molecular weight is 279 g/mol. The molecule has 0 aliphatic heterocycles. The second kappa shape index (κ2) is 6.95. The Kier molecular flexibility index (Phi) is 5.26. The molecule has 0 aromatic heterocycles. The zero-order valence-corrected chi connectivity index (χ0v) is 12.6. The minimum atomic E-state index is -0.112. The van der Waals surface area contributed by atoms with Gasteiger partial charge in [-0.1, -0.05) is 0 Å². The molecule has 1 aliphatic carbocycles. The quantitative estimate of drug-likeness (QED) is 0.866. The Morgan fingerprint density at radius 2 is 1.80 bits per heavy atom. The Labute approximate surface area is 121 Å². The van der Waals surface area contributed by atoms with Crippen LogP contribution in [-0.4, -0.2) is 50.0 Å². The lowest BCUT2D eigenvalue weighted by molar-refractivity contribution is 0.163. The van der Waals surface area contributed by atoms with E-state index in [-0.39, 0.29) is 6.10 Å². The molecule has 20 heavy (non-hydrogen) atoms. The number of nitrogens with zero attached hydrogens (tertiary/aromatic N) is 1. The summed E-state index contributed by atoms with van der Waals surface area (Å²) in [5.41, 5.74) is 1.21. The van der Waals surface area contributed by atoms with Crippen molar-refractivity contribution < 1.29 is 14.6 Å². The summed E-state index contributed by atoms with van der Waals surface area (Å²) in [6.45, 7) is 0.980. The highest BCUT2D eigenvalue weighted by Gasteiger charge is 2.25. The molecule has 0 bridgehead atoms. The van der Waals surface area contributed by atoms with Gasteiger partial charge in [0, 0.05) is 18.7 Å². The Hall–Kier alpha value is -1.26. The fourth-order valence-corrected chi connectivity index (χ4v) is 2.83. The minimum absolute atomic E-state index is 0.112. The van der Waals surface area contributed by atoms with Crippen LogP contribution in [0.5, 0.6) is 11.5 Å². The molecule has 0 radical (unpaired) electrons. The Balaban J connectivity index is 1.92. The van der Waals surface area contributed by atoms with Crippen LogP contribution in [0.3, 0.4) is 0 Å². The number of methoxy groups -OCH3 is 2. The summed E-state index contributed by atoms with van der Waals surface area (Å²) in [5, 5.41) is 9.61. The molecule has 2 rings (SSSR count). The van der Waals surface area contributed by atoms with Crippen molar-refractivity contribution in [3.05, 3.63) is 23.8 Å². The molecular formula is C16H25NO3. The maximum absolute atomic E-state index is 9.61. The third-order valence-corrected chi connectivity index (χ3v) is 4.17. The molecule has 1 aromatic carbocycles. The molecule has 112 valence electrons. The molecule has 4 heteroatoms. The van der Waals surface area contributed by atoms with E-state index in [1.165, 1.54) is 5.56 Å². The van der Waals surface area contributed by atoms with Gasteiger partial charge in [-0.15, -0.1) is 0 Å². The molecule has 2 unspecified atom stereocenters. The van der Waals surface area contributed by atoms with Crippen molar-refractivity contribution in [1.82, 2.24) is 4.90 Å². The summed E-state index contributed by atoms with van der Waals surface area (Å²) in [6.07, 6.45) is 3.77. The molecule has 1 aromatic rings. The lowest BCUT2D eigenvalue weighted by Crippen LogP contribution is -2.31. The van der Waals surface area contributed by atoms with Gasteiger partial charge >= 0.3 is 0 Å².